The van der Waals surface area contributed by atoms with Gasteiger partial charge in [-0.05, 0) is 19.5 Å². The Kier molecular flexibility index (Phi) is 3.97. The van der Waals surface area contributed by atoms with Crippen molar-refractivity contribution in [3.05, 3.63) is 25.0 Å². The van der Waals surface area contributed by atoms with Gasteiger partial charge in [0.25, 0.3) is 0 Å². The van der Waals surface area contributed by atoms with E-state index in [1.54, 1.807) is 6.08 Å². The summed E-state index contributed by atoms with van der Waals surface area (Å²) in [4.78, 5) is 0. The first kappa shape index (κ1) is 8.37. The standard InChI is InChI=1S/C7H12OSi/c1-5-7(3)8-9(4)6-2/h5-6H,1,3H2,2,4H3. The van der Waals surface area contributed by atoms with Crippen LogP contribution in [0, 0.1) is 0 Å². The molecule has 0 amide bonds. The van der Waals surface area contributed by atoms with Crippen LogP contribution in [0.25, 0.3) is 0 Å². The fraction of sp³-hybridized carbons (Fsp3) is 0.286. The molecule has 0 aromatic carbocycles. The van der Waals surface area contributed by atoms with Crippen LogP contribution in [0.1, 0.15) is 6.92 Å². The van der Waals surface area contributed by atoms with Crippen molar-refractivity contribution in [2.45, 2.75) is 13.5 Å². The van der Waals surface area contributed by atoms with Gasteiger partial charge >= 0.3 is 0 Å². The van der Waals surface area contributed by atoms with E-state index in [-0.39, 0.29) is 0 Å². The minimum absolute atomic E-state index is 0.671. The zero-order valence-electron chi connectivity index (χ0n) is 5.98. The van der Waals surface area contributed by atoms with E-state index in [2.05, 4.69) is 25.4 Å². The summed E-state index contributed by atoms with van der Waals surface area (Å²) >= 11 is 0. The summed E-state index contributed by atoms with van der Waals surface area (Å²) in [5, 5.41) is 0. The predicted octanol–water partition coefficient (Wildman–Crippen LogP) is 1.73. The molecule has 0 saturated carbocycles. The Morgan fingerprint density at radius 2 is 2.22 bits per heavy atom. The molecule has 0 fully saturated rings. The van der Waals surface area contributed by atoms with E-state index in [1.807, 2.05) is 6.92 Å². The summed E-state index contributed by atoms with van der Waals surface area (Å²) in [6, 6.07) is 0. The van der Waals surface area contributed by atoms with E-state index in [9.17, 15) is 0 Å². The zero-order chi connectivity index (χ0) is 7.28. The highest BCUT2D eigenvalue weighted by Crippen LogP contribution is 1.92. The molecule has 0 saturated heterocycles. The lowest BCUT2D eigenvalue weighted by Crippen LogP contribution is -2.02. The van der Waals surface area contributed by atoms with E-state index in [0.717, 1.165) is 0 Å². The van der Waals surface area contributed by atoms with Gasteiger partial charge in [-0.2, -0.15) is 0 Å². The smallest absolute Gasteiger partial charge is 0.232 e. The molecule has 0 aliphatic heterocycles. The van der Waals surface area contributed by atoms with Gasteiger partial charge < -0.3 is 4.43 Å². The van der Waals surface area contributed by atoms with Crippen LogP contribution in [0.3, 0.4) is 0 Å². The average molecular weight is 140 g/mol. The number of rotatable bonds is 3. The lowest BCUT2D eigenvalue weighted by Gasteiger charge is -2.01. The SMILES string of the molecule is C=CC(=C)O[Si](C)=CC. The molecule has 0 atom stereocenters. The van der Waals surface area contributed by atoms with Crippen molar-refractivity contribution in [2.24, 2.45) is 0 Å². The molecule has 0 spiro atoms. The minimum Gasteiger partial charge on any atom is -0.518 e. The average Bonchev–Trinajstić information content (AvgIpc) is 1.87. The molecular formula is C7H12OSi. The lowest BCUT2D eigenvalue weighted by atomic mass is 10.6. The fourth-order valence-electron chi connectivity index (χ4n) is 0.307. The first-order valence-electron chi connectivity index (χ1n) is 2.82. The van der Waals surface area contributed by atoms with Crippen LogP contribution in [0.4, 0.5) is 0 Å². The first-order valence-corrected chi connectivity index (χ1v) is 4.81. The van der Waals surface area contributed by atoms with Crippen LogP contribution in [-0.2, 0) is 4.43 Å². The Balaban J connectivity index is 3.74. The predicted molar refractivity (Wildman–Crippen MR) is 43.8 cm³/mol. The quantitative estimate of drug-likeness (QED) is 0.329. The Morgan fingerprint density at radius 3 is 2.56 bits per heavy atom. The number of hydrogen-bond donors (Lipinski definition) is 0. The van der Waals surface area contributed by atoms with Gasteiger partial charge in [0.05, 0.1) is 0 Å². The maximum atomic E-state index is 5.28. The summed E-state index contributed by atoms with van der Waals surface area (Å²) in [5.74, 6) is 0.671. The van der Waals surface area contributed by atoms with Gasteiger partial charge in [-0.3, -0.25) is 0 Å². The van der Waals surface area contributed by atoms with Crippen molar-refractivity contribution in [3.63, 3.8) is 0 Å². The largest absolute Gasteiger partial charge is 0.518 e. The van der Waals surface area contributed by atoms with Crippen molar-refractivity contribution in [1.29, 1.82) is 0 Å². The van der Waals surface area contributed by atoms with Gasteiger partial charge in [0.15, 0.2) is 0 Å². The summed E-state index contributed by atoms with van der Waals surface area (Å²) in [5.41, 5.74) is 2.05. The van der Waals surface area contributed by atoms with Gasteiger partial charge in [-0.1, -0.05) is 18.8 Å². The first-order chi connectivity index (χ1) is 4.20. The van der Waals surface area contributed by atoms with Gasteiger partial charge in [-0.15, -0.1) is 0 Å². The van der Waals surface area contributed by atoms with E-state index in [1.165, 1.54) is 0 Å². The summed E-state index contributed by atoms with van der Waals surface area (Å²) in [7, 11) is -0.736. The Hall–Kier alpha value is -0.633. The molecule has 0 aliphatic carbocycles. The highest BCUT2D eigenvalue weighted by molar-refractivity contribution is 6.58. The second-order valence-corrected chi connectivity index (χ2v) is 3.67. The third kappa shape index (κ3) is 3.91. The highest BCUT2D eigenvalue weighted by atomic mass is 28.3. The van der Waals surface area contributed by atoms with Gasteiger partial charge in [0, 0.05) is 0 Å². The molecule has 9 heavy (non-hydrogen) atoms. The van der Waals surface area contributed by atoms with Crippen LogP contribution >= 0.6 is 0 Å². The molecule has 50 valence electrons. The second kappa shape index (κ2) is 4.27. The molecule has 0 aromatic rings. The van der Waals surface area contributed by atoms with Crippen LogP contribution in [0.2, 0.25) is 6.55 Å². The maximum absolute atomic E-state index is 5.28. The van der Waals surface area contributed by atoms with Crippen molar-refractivity contribution in [3.8, 4) is 0 Å². The topological polar surface area (TPSA) is 9.23 Å². The lowest BCUT2D eigenvalue weighted by molar-refractivity contribution is 0.477. The monoisotopic (exact) mass is 140 g/mol. The molecule has 0 unspecified atom stereocenters. The minimum atomic E-state index is -0.736. The molecule has 2 heteroatoms. The fourth-order valence-corrected chi connectivity index (χ4v) is 0.922. The molecule has 0 rings (SSSR count). The second-order valence-electron chi connectivity index (χ2n) is 1.67. The summed E-state index contributed by atoms with van der Waals surface area (Å²) < 4.78 is 5.28. The van der Waals surface area contributed by atoms with Gasteiger partial charge in [-0.25, -0.2) is 0 Å². The number of allylic oxidation sites excluding steroid dienone is 1. The molecule has 0 radical (unpaired) electrons. The maximum Gasteiger partial charge on any atom is 0.232 e. The molecule has 0 N–H and O–H groups in total. The molecule has 0 heterocycles. The summed E-state index contributed by atoms with van der Waals surface area (Å²) in [6.07, 6.45) is 1.62. The molecular weight excluding hydrogens is 128 g/mol. The third-order valence-electron chi connectivity index (χ3n) is 0.926. The molecule has 0 aliphatic rings. The third-order valence-corrected chi connectivity index (χ3v) is 2.32. The van der Waals surface area contributed by atoms with Crippen molar-refractivity contribution in [2.75, 3.05) is 0 Å². The summed E-state index contributed by atoms with van der Waals surface area (Å²) in [6.45, 7) is 11.2. The molecule has 0 aromatic heterocycles. The van der Waals surface area contributed by atoms with E-state index < -0.39 is 8.65 Å². The van der Waals surface area contributed by atoms with Crippen LogP contribution < -0.4 is 0 Å². The van der Waals surface area contributed by atoms with Gasteiger partial charge in [0.1, 0.15) is 5.76 Å². The van der Waals surface area contributed by atoms with E-state index in [0.29, 0.717) is 5.76 Å². The Morgan fingerprint density at radius 1 is 1.67 bits per heavy atom. The van der Waals surface area contributed by atoms with Crippen molar-refractivity contribution < 1.29 is 4.43 Å². The Labute approximate surface area is 58.0 Å². The zero-order valence-corrected chi connectivity index (χ0v) is 6.98. The van der Waals surface area contributed by atoms with Crippen LogP contribution in [0.15, 0.2) is 25.0 Å². The van der Waals surface area contributed by atoms with Crippen LogP contribution in [-0.4, -0.2) is 14.3 Å². The normalized spacial score (nSPS) is 10.7. The number of hydrogen-bond acceptors (Lipinski definition) is 1. The van der Waals surface area contributed by atoms with Crippen molar-refractivity contribution in [1.82, 2.24) is 0 Å². The van der Waals surface area contributed by atoms with Crippen molar-refractivity contribution >= 4 is 14.3 Å². The van der Waals surface area contributed by atoms with E-state index in [4.69, 9.17) is 4.43 Å². The van der Waals surface area contributed by atoms with E-state index >= 15 is 0 Å². The van der Waals surface area contributed by atoms with Crippen LogP contribution in [0.5, 0.6) is 0 Å². The highest BCUT2D eigenvalue weighted by Gasteiger charge is 1.88. The molecule has 0 bridgehead atoms. The van der Waals surface area contributed by atoms with Gasteiger partial charge in [0.2, 0.25) is 8.65 Å². The molecule has 1 nitrogen and oxygen atoms in total. The Bertz CT molecular complexity index is 147.